The molecule has 0 radical (unpaired) electrons. The third-order valence-corrected chi connectivity index (χ3v) is 4.41. The molecule has 2 atom stereocenters. The number of carboxylic acids is 1. The number of hydrogen-bond donors (Lipinski definition) is 3. The molecule has 0 aromatic rings. The van der Waals surface area contributed by atoms with Crippen LogP contribution in [0.4, 0.5) is 0 Å². The molecule has 94 valence electrons. The van der Waals surface area contributed by atoms with E-state index in [9.17, 15) is 13.2 Å². The van der Waals surface area contributed by atoms with Crippen LogP contribution in [0.15, 0.2) is 0 Å². The van der Waals surface area contributed by atoms with Crippen molar-refractivity contribution in [2.75, 3.05) is 7.05 Å². The summed E-state index contributed by atoms with van der Waals surface area (Å²) < 4.78 is 27.4. The second-order valence-corrected chi connectivity index (χ2v) is 5.98. The minimum absolute atomic E-state index is 0.512. The summed E-state index contributed by atoms with van der Waals surface area (Å²) in [6, 6.07) is 0. The summed E-state index contributed by atoms with van der Waals surface area (Å²) in [5, 5.41) is 9.09. The molecule has 0 bridgehead atoms. The minimum Gasteiger partial charge on any atom is -0.481 e. The second-order valence-electron chi connectivity index (χ2n) is 4.36. The van der Waals surface area contributed by atoms with E-state index in [0.29, 0.717) is 12.8 Å². The molecule has 16 heavy (non-hydrogen) atoms. The molecule has 7 heteroatoms. The van der Waals surface area contributed by atoms with Crippen LogP contribution in [0.3, 0.4) is 0 Å². The zero-order valence-electron chi connectivity index (χ0n) is 9.49. The third-order valence-electron chi connectivity index (χ3n) is 3.14. The molecule has 1 rings (SSSR count). The van der Waals surface area contributed by atoms with Crippen LogP contribution in [0.25, 0.3) is 0 Å². The lowest BCUT2D eigenvalue weighted by Gasteiger charge is -2.39. The van der Waals surface area contributed by atoms with Crippen LogP contribution < -0.4 is 9.44 Å². The predicted octanol–water partition coefficient (Wildman–Crippen LogP) is 0.0737. The van der Waals surface area contributed by atoms with E-state index in [1.54, 1.807) is 6.92 Å². The summed E-state index contributed by atoms with van der Waals surface area (Å²) in [6.45, 7) is 1.65. The van der Waals surface area contributed by atoms with Crippen molar-refractivity contribution in [1.82, 2.24) is 9.44 Å². The first-order chi connectivity index (χ1) is 7.31. The minimum atomic E-state index is -3.61. The third kappa shape index (κ3) is 2.93. The smallest absolute Gasteiger partial charge is 0.308 e. The first kappa shape index (κ1) is 13.4. The topological polar surface area (TPSA) is 95.5 Å². The number of carbonyl (C=O) groups is 1. The number of nitrogens with one attached hydrogen (secondary N) is 2. The van der Waals surface area contributed by atoms with Crippen molar-refractivity contribution in [2.24, 2.45) is 5.92 Å². The van der Waals surface area contributed by atoms with E-state index in [1.165, 1.54) is 7.05 Å². The van der Waals surface area contributed by atoms with Gasteiger partial charge in [-0.25, -0.2) is 4.72 Å². The fraction of sp³-hybridized carbons (Fsp3) is 0.889. The van der Waals surface area contributed by atoms with Gasteiger partial charge in [0.15, 0.2) is 0 Å². The van der Waals surface area contributed by atoms with Gasteiger partial charge in [0.25, 0.3) is 10.2 Å². The highest BCUT2D eigenvalue weighted by atomic mass is 32.2. The Morgan fingerprint density at radius 3 is 2.56 bits per heavy atom. The Kier molecular flexibility index (Phi) is 3.92. The summed E-state index contributed by atoms with van der Waals surface area (Å²) in [5.41, 5.74) is -0.897. The van der Waals surface area contributed by atoms with Gasteiger partial charge in [0, 0.05) is 12.6 Å². The summed E-state index contributed by atoms with van der Waals surface area (Å²) in [4.78, 5) is 11.1. The Morgan fingerprint density at radius 2 is 2.06 bits per heavy atom. The van der Waals surface area contributed by atoms with Gasteiger partial charge in [-0.1, -0.05) is 12.8 Å². The van der Waals surface area contributed by atoms with Crippen LogP contribution in [-0.2, 0) is 15.0 Å². The second kappa shape index (κ2) is 4.68. The van der Waals surface area contributed by atoms with Gasteiger partial charge in [0.1, 0.15) is 0 Å². The Hall–Kier alpha value is -0.660. The van der Waals surface area contributed by atoms with Crippen LogP contribution in [-0.4, -0.2) is 32.1 Å². The number of aliphatic carboxylic acids is 1. The highest BCUT2D eigenvalue weighted by Gasteiger charge is 2.43. The van der Waals surface area contributed by atoms with Gasteiger partial charge >= 0.3 is 5.97 Å². The van der Waals surface area contributed by atoms with Gasteiger partial charge in [-0.2, -0.15) is 13.1 Å². The summed E-state index contributed by atoms with van der Waals surface area (Å²) in [7, 11) is -2.31. The first-order valence-corrected chi connectivity index (χ1v) is 6.74. The number of rotatable bonds is 4. The molecule has 0 aliphatic heterocycles. The lowest BCUT2D eigenvalue weighted by Crippen LogP contribution is -2.57. The molecule has 1 aliphatic rings. The molecule has 6 nitrogen and oxygen atoms in total. The molecule has 0 heterocycles. The molecule has 0 amide bonds. The predicted molar refractivity (Wildman–Crippen MR) is 59.1 cm³/mol. The van der Waals surface area contributed by atoms with E-state index in [1.807, 2.05) is 0 Å². The maximum absolute atomic E-state index is 11.4. The van der Waals surface area contributed by atoms with Crippen LogP contribution in [0.5, 0.6) is 0 Å². The summed E-state index contributed by atoms with van der Waals surface area (Å²) in [5.74, 6) is -1.61. The molecule has 0 saturated heterocycles. The SMILES string of the molecule is CNS(=O)(=O)NC1(C)CCCCC1C(=O)O. The normalized spacial score (nSPS) is 31.2. The van der Waals surface area contributed by atoms with Gasteiger partial charge in [0.05, 0.1) is 5.92 Å². The maximum atomic E-state index is 11.4. The van der Waals surface area contributed by atoms with E-state index in [-0.39, 0.29) is 0 Å². The van der Waals surface area contributed by atoms with E-state index < -0.39 is 27.6 Å². The Bertz CT molecular complexity index is 368. The highest BCUT2D eigenvalue weighted by molar-refractivity contribution is 7.87. The lowest BCUT2D eigenvalue weighted by molar-refractivity contribution is -0.145. The molecule has 3 N–H and O–H groups in total. The molecular formula is C9H18N2O4S. The maximum Gasteiger partial charge on any atom is 0.308 e. The van der Waals surface area contributed by atoms with E-state index in [2.05, 4.69) is 9.44 Å². The molecule has 1 aliphatic carbocycles. The number of hydrogen-bond acceptors (Lipinski definition) is 3. The van der Waals surface area contributed by atoms with E-state index >= 15 is 0 Å². The summed E-state index contributed by atoms with van der Waals surface area (Å²) in [6.07, 6.45) is 2.73. The van der Waals surface area contributed by atoms with Gasteiger partial charge in [-0.15, -0.1) is 0 Å². The monoisotopic (exact) mass is 250 g/mol. The molecule has 0 aromatic carbocycles. The Balaban J connectivity index is 2.91. The quantitative estimate of drug-likeness (QED) is 0.658. The fourth-order valence-electron chi connectivity index (χ4n) is 2.21. The fourth-order valence-corrected chi connectivity index (χ4v) is 3.17. The van der Waals surface area contributed by atoms with Gasteiger partial charge < -0.3 is 5.11 Å². The van der Waals surface area contributed by atoms with Crippen molar-refractivity contribution in [3.63, 3.8) is 0 Å². The average Bonchev–Trinajstić information content (AvgIpc) is 2.16. The van der Waals surface area contributed by atoms with Crippen LogP contribution >= 0.6 is 0 Å². The van der Waals surface area contributed by atoms with Gasteiger partial charge in [0.2, 0.25) is 0 Å². The zero-order chi connectivity index (χ0) is 12.4. The summed E-state index contributed by atoms with van der Waals surface area (Å²) >= 11 is 0. The largest absolute Gasteiger partial charge is 0.481 e. The highest BCUT2D eigenvalue weighted by Crippen LogP contribution is 2.34. The van der Waals surface area contributed by atoms with Crippen molar-refractivity contribution < 1.29 is 18.3 Å². The molecule has 1 fully saturated rings. The first-order valence-electron chi connectivity index (χ1n) is 5.26. The van der Waals surface area contributed by atoms with E-state index in [0.717, 1.165) is 12.8 Å². The zero-order valence-corrected chi connectivity index (χ0v) is 10.3. The van der Waals surface area contributed by atoms with Crippen molar-refractivity contribution in [3.8, 4) is 0 Å². The van der Waals surface area contributed by atoms with Gasteiger partial charge in [-0.05, 0) is 19.8 Å². The standard InChI is InChI=1S/C9H18N2O4S/c1-9(11-16(14,15)10-2)6-4-3-5-7(9)8(12)13/h7,10-11H,3-6H2,1-2H3,(H,12,13). The molecular weight excluding hydrogens is 232 g/mol. The van der Waals surface area contributed by atoms with Crippen molar-refractivity contribution in [2.45, 2.75) is 38.1 Å². The van der Waals surface area contributed by atoms with Crippen molar-refractivity contribution in [1.29, 1.82) is 0 Å². The average molecular weight is 250 g/mol. The van der Waals surface area contributed by atoms with Crippen LogP contribution in [0, 0.1) is 5.92 Å². The Morgan fingerprint density at radius 1 is 1.44 bits per heavy atom. The van der Waals surface area contributed by atoms with Crippen LogP contribution in [0.2, 0.25) is 0 Å². The van der Waals surface area contributed by atoms with E-state index in [4.69, 9.17) is 5.11 Å². The van der Waals surface area contributed by atoms with Crippen molar-refractivity contribution in [3.05, 3.63) is 0 Å². The molecule has 1 saturated carbocycles. The van der Waals surface area contributed by atoms with Gasteiger partial charge in [-0.3, -0.25) is 4.79 Å². The van der Waals surface area contributed by atoms with Crippen LogP contribution in [0.1, 0.15) is 32.6 Å². The van der Waals surface area contributed by atoms with Crippen molar-refractivity contribution >= 4 is 16.2 Å². The molecule has 2 unspecified atom stereocenters. The molecule has 0 spiro atoms. The molecule has 0 aromatic heterocycles. The lowest BCUT2D eigenvalue weighted by atomic mass is 9.75. The number of carboxylic acid groups (broad SMARTS) is 1. The Labute approximate surface area is 95.6 Å².